The molecule has 1 aliphatic carbocycles. The second-order valence-electron chi connectivity index (χ2n) is 8.67. The van der Waals surface area contributed by atoms with E-state index in [2.05, 4.69) is 48.2 Å². The van der Waals surface area contributed by atoms with Gasteiger partial charge >= 0.3 is 6.09 Å². The summed E-state index contributed by atoms with van der Waals surface area (Å²) in [5.74, 6) is 0.652. The molecule has 1 amide bonds. The zero-order valence-corrected chi connectivity index (χ0v) is 18.4. The fourth-order valence-corrected chi connectivity index (χ4v) is 4.89. The molecule has 0 spiro atoms. The average Bonchev–Trinajstić information content (AvgIpc) is 2.76. The second kappa shape index (κ2) is 9.84. The molecule has 1 aliphatic heterocycles. The van der Waals surface area contributed by atoms with Crippen molar-refractivity contribution in [3.05, 3.63) is 70.7 Å². The monoisotopic (exact) mass is 426 g/mol. The molecule has 3 atom stereocenters. The number of benzene rings is 2. The Hall–Kier alpha value is -2.04. The number of ether oxygens (including phenoxy) is 1. The Kier molecular flexibility index (Phi) is 6.96. The minimum Gasteiger partial charge on any atom is -0.446 e. The first kappa shape index (κ1) is 21.2. The molecule has 0 N–H and O–H groups in total. The molecule has 2 aromatic carbocycles. The number of nitrogens with zero attached hydrogens (tertiary/aromatic N) is 2. The molecule has 1 saturated heterocycles. The Labute approximate surface area is 184 Å². The predicted octanol–water partition coefficient (Wildman–Crippen LogP) is 5.76. The fraction of sp³-hybridized carbons (Fsp3) is 0.480. The quantitative estimate of drug-likeness (QED) is 0.622. The SMILES string of the molecule is CC1CCCC(OC(=O)N2CCN(C(c3ccccc3)c3ccc(Cl)cc3)CC2)C1. The molecule has 2 aliphatic rings. The minimum atomic E-state index is -0.142. The first-order chi connectivity index (χ1) is 14.6. The molecule has 4 rings (SSSR count). The Balaban J connectivity index is 1.41. The van der Waals surface area contributed by atoms with Crippen molar-refractivity contribution in [2.45, 2.75) is 44.8 Å². The lowest BCUT2D eigenvalue weighted by atomic mass is 9.89. The van der Waals surface area contributed by atoms with Gasteiger partial charge in [0.2, 0.25) is 0 Å². The van der Waals surface area contributed by atoms with Crippen LogP contribution in [0.2, 0.25) is 5.02 Å². The topological polar surface area (TPSA) is 32.8 Å². The molecule has 4 nitrogen and oxygen atoms in total. The summed E-state index contributed by atoms with van der Waals surface area (Å²) in [4.78, 5) is 17.0. The van der Waals surface area contributed by atoms with Crippen LogP contribution in [0, 0.1) is 5.92 Å². The molecule has 0 radical (unpaired) electrons. The third-order valence-corrected chi connectivity index (χ3v) is 6.65. The van der Waals surface area contributed by atoms with Crippen LogP contribution in [0.3, 0.4) is 0 Å². The van der Waals surface area contributed by atoms with E-state index in [1.807, 2.05) is 23.1 Å². The number of carbonyl (C=O) groups excluding carboxylic acids is 1. The Morgan fingerprint density at radius 2 is 1.63 bits per heavy atom. The summed E-state index contributed by atoms with van der Waals surface area (Å²) in [6, 6.07) is 18.8. The molecule has 0 aromatic heterocycles. The number of carbonyl (C=O) groups is 1. The highest BCUT2D eigenvalue weighted by Crippen LogP contribution is 2.31. The molecule has 5 heteroatoms. The van der Waals surface area contributed by atoms with Gasteiger partial charge in [-0.3, -0.25) is 4.90 Å². The average molecular weight is 427 g/mol. The van der Waals surface area contributed by atoms with Gasteiger partial charge < -0.3 is 9.64 Å². The molecule has 2 aromatic rings. The smallest absolute Gasteiger partial charge is 0.410 e. The van der Waals surface area contributed by atoms with Gasteiger partial charge in [0.15, 0.2) is 0 Å². The van der Waals surface area contributed by atoms with Crippen molar-refractivity contribution in [2.24, 2.45) is 5.92 Å². The van der Waals surface area contributed by atoms with Crippen molar-refractivity contribution in [1.82, 2.24) is 9.80 Å². The zero-order valence-electron chi connectivity index (χ0n) is 17.7. The standard InChI is InChI=1S/C25H31ClN2O2/c1-19-6-5-9-23(18-19)30-25(29)28-16-14-27(15-17-28)24(20-7-3-2-4-8-20)21-10-12-22(26)13-11-21/h2-4,7-8,10-13,19,23-24H,5-6,9,14-18H2,1H3. The first-order valence-electron chi connectivity index (χ1n) is 11.1. The number of piperazine rings is 1. The third kappa shape index (κ3) is 5.16. The van der Waals surface area contributed by atoms with E-state index in [0.29, 0.717) is 19.0 Å². The molecule has 1 heterocycles. The number of hydrogen-bond donors (Lipinski definition) is 0. The van der Waals surface area contributed by atoms with E-state index in [4.69, 9.17) is 16.3 Å². The van der Waals surface area contributed by atoms with Crippen LogP contribution in [-0.2, 0) is 4.74 Å². The molecule has 1 saturated carbocycles. The van der Waals surface area contributed by atoms with E-state index < -0.39 is 0 Å². The van der Waals surface area contributed by atoms with Crippen molar-refractivity contribution < 1.29 is 9.53 Å². The van der Waals surface area contributed by atoms with Gasteiger partial charge in [0.25, 0.3) is 0 Å². The lowest BCUT2D eigenvalue weighted by Crippen LogP contribution is -2.50. The Bertz CT molecular complexity index is 819. The van der Waals surface area contributed by atoms with Crippen molar-refractivity contribution in [1.29, 1.82) is 0 Å². The summed E-state index contributed by atoms with van der Waals surface area (Å²) in [6.07, 6.45) is 4.36. The van der Waals surface area contributed by atoms with Crippen molar-refractivity contribution >= 4 is 17.7 Å². The third-order valence-electron chi connectivity index (χ3n) is 6.39. The van der Waals surface area contributed by atoms with Crippen molar-refractivity contribution in [3.8, 4) is 0 Å². The molecule has 0 bridgehead atoms. The van der Waals surface area contributed by atoms with E-state index >= 15 is 0 Å². The van der Waals surface area contributed by atoms with E-state index in [-0.39, 0.29) is 18.2 Å². The number of halogens is 1. The van der Waals surface area contributed by atoms with Crippen LogP contribution in [0.4, 0.5) is 4.79 Å². The van der Waals surface area contributed by atoms with E-state index in [9.17, 15) is 4.79 Å². The largest absolute Gasteiger partial charge is 0.446 e. The highest BCUT2D eigenvalue weighted by atomic mass is 35.5. The molecular weight excluding hydrogens is 396 g/mol. The highest BCUT2D eigenvalue weighted by Gasteiger charge is 2.30. The lowest BCUT2D eigenvalue weighted by Gasteiger charge is -2.40. The van der Waals surface area contributed by atoms with Gasteiger partial charge in [-0.15, -0.1) is 0 Å². The number of hydrogen-bond acceptors (Lipinski definition) is 3. The van der Waals surface area contributed by atoms with Crippen LogP contribution in [-0.4, -0.2) is 48.2 Å². The maximum absolute atomic E-state index is 12.7. The normalized spacial score (nSPS) is 23.7. The zero-order chi connectivity index (χ0) is 20.9. The molecular formula is C25H31ClN2O2. The van der Waals surface area contributed by atoms with Gasteiger partial charge in [-0.25, -0.2) is 4.79 Å². The van der Waals surface area contributed by atoms with E-state index in [1.54, 1.807) is 0 Å². The van der Waals surface area contributed by atoms with Crippen LogP contribution >= 0.6 is 11.6 Å². The van der Waals surface area contributed by atoms with Crippen LogP contribution < -0.4 is 0 Å². The van der Waals surface area contributed by atoms with E-state index in [1.165, 1.54) is 17.5 Å². The molecule has 160 valence electrons. The maximum atomic E-state index is 12.7. The van der Waals surface area contributed by atoms with Crippen molar-refractivity contribution in [2.75, 3.05) is 26.2 Å². The minimum absolute atomic E-state index is 0.0883. The van der Waals surface area contributed by atoms with Gasteiger partial charge in [-0.1, -0.05) is 67.4 Å². The predicted molar refractivity (Wildman–Crippen MR) is 121 cm³/mol. The van der Waals surface area contributed by atoms with Crippen LogP contribution in [0.1, 0.15) is 49.8 Å². The Morgan fingerprint density at radius 3 is 2.30 bits per heavy atom. The fourth-order valence-electron chi connectivity index (χ4n) is 4.76. The Morgan fingerprint density at radius 1 is 0.967 bits per heavy atom. The van der Waals surface area contributed by atoms with Gasteiger partial charge in [0, 0.05) is 31.2 Å². The summed E-state index contributed by atoms with van der Waals surface area (Å²) >= 11 is 6.12. The maximum Gasteiger partial charge on any atom is 0.410 e. The van der Waals surface area contributed by atoms with Crippen molar-refractivity contribution in [3.63, 3.8) is 0 Å². The van der Waals surface area contributed by atoms with Gasteiger partial charge in [-0.2, -0.15) is 0 Å². The van der Waals surface area contributed by atoms with E-state index in [0.717, 1.165) is 37.4 Å². The van der Waals surface area contributed by atoms with Crippen LogP contribution in [0.25, 0.3) is 0 Å². The first-order valence-corrected chi connectivity index (χ1v) is 11.5. The summed E-state index contributed by atoms with van der Waals surface area (Å²) in [6.45, 7) is 5.27. The highest BCUT2D eigenvalue weighted by molar-refractivity contribution is 6.30. The van der Waals surface area contributed by atoms with Crippen LogP contribution in [0.15, 0.2) is 54.6 Å². The molecule has 2 fully saturated rings. The second-order valence-corrected chi connectivity index (χ2v) is 9.10. The van der Waals surface area contributed by atoms with Gasteiger partial charge in [0.05, 0.1) is 6.04 Å². The summed E-state index contributed by atoms with van der Waals surface area (Å²) < 4.78 is 5.83. The van der Waals surface area contributed by atoms with Gasteiger partial charge in [0.1, 0.15) is 6.10 Å². The number of amides is 1. The van der Waals surface area contributed by atoms with Gasteiger partial charge in [-0.05, 0) is 48.4 Å². The van der Waals surface area contributed by atoms with Crippen LogP contribution in [0.5, 0.6) is 0 Å². The summed E-state index contributed by atoms with van der Waals surface area (Å²) in [5.41, 5.74) is 2.48. The summed E-state index contributed by atoms with van der Waals surface area (Å²) in [7, 11) is 0. The number of rotatable bonds is 4. The summed E-state index contributed by atoms with van der Waals surface area (Å²) in [5, 5.41) is 0.746. The molecule has 30 heavy (non-hydrogen) atoms. The molecule has 3 unspecified atom stereocenters. The lowest BCUT2D eigenvalue weighted by molar-refractivity contribution is 0.0221.